The Balaban J connectivity index is 0.000000131. The molecule has 0 spiro atoms. The molecule has 116 heavy (non-hydrogen) atoms. The highest BCUT2D eigenvalue weighted by Gasteiger charge is 2.36. The topological polar surface area (TPSA) is 341 Å². The van der Waals surface area contributed by atoms with Crippen LogP contribution in [0.1, 0.15) is 87.5 Å². The fraction of sp³-hybridized carbons (Fsp3) is 0.0824. The Morgan fingerprint density at radius 3 is 1.15 bits per heavy atom. The summed E-state index contributed by atoms with van der Waals surface area (Å²) in [6, 6.07) is 58.2. The van der Waals surface area contributed by atoms with Crippen molar-refractivity contribution in [3.8, 4) is 33.8 Å². The maximum absolute atomic E-state index is 14.8. The van der Waals surface area contributed by atoms with E-state index in [1.54, 1.807) is 124 Å². The highest BCUT2D eigenvalue weighted by molar-refractivity contribution is 6.22. The minimum absolute atomic E-state index is 0.00189. The molecule has 0 bridgehead atoms. The van der Waals surface area contributed by atoms with Crippen LogP contribution in [0, 0.1) is 51.0 Å². The SMILES string of the molecule is Cc1ccc2nc(-c3ccncc3C)c(C(=O)N[C@H]3N=C(c4ccccc4)c4cccc(F)c4NC3=O)n2n1.Cc1ccc2nc(-c3cncc(F)c3)c(C(=O)N[C@H]3N=C(c4ccccc4)c4cccc(F)c4NC3=O)n2n1.Cc1ccc2nc(-c3cncc(F)c3)c(C(=O)N[C@H]3N=C(c4ccccc4)c4ccccc4NC3=O)n2n1. The van der Waals surface area contributed by atoms with Crippen molar-refractivity contribution in [3.05, 3.63) is 340 Å². The first-order valence-electron chi connectivity index (χ1n) is 35.9. The van der Waals surface area contributed by atoms with E-state index in [4.69, 9.17) is 0 Å². The number of benzodiazepines with no additional fused rings is 3. The molecule has 27 nitrogen and oxygen atoms in total. The molecule has 3 aliphatic rings. The minimum atomic E-state index is -1.44. The number of imidazole rings is 3. The standard InChI is InChI=1S/C29H22FN7O2.C28H19F2N7O2.C28H20FN7O2/c1-16-15-31-14-13-19(16)25-26(37-22(32-25)12-11-17(2)36-37)28(38)35-27-29(39)34-24-20(9-6-10-21(24)30)23(33-27)18-7-4-3-5-8-18;1-15-10-11-21-32-23(17-12-18(29)14-31-13-17)25(37(21)36-15)27(38)35-26-28(39)34-24-19(8-5-9-20(24)30)22(33-26)16-6-3-2-4-7-16;1-16-11-12-22-32-24(18-13-19(29)15-30-14-18)25(36(22)35-16)27(37)34-26-28(38)31-21-10-6-5-9-20(21)23(33-26)17-7-3-2-4-8-17/h3-15,27H,1-2H3,(H,34,39)(H,35,38);2-14,26H,1H3,(H,34,39)(H,35,38);2-15,26H,1H3,(H,31,38)(H,34,37)/t27-;2*26-/m111/s1. The number of anilines is 3. The van der Waals surface area contributed by atoms with Gasteiger partial charge in [0.2, 0.25) is 18.5 Å². The first-order chi connectivity index (χ1) is 56.3. The first-order valence-corrected chi connectivity index (χ1v) is 35.9. The van der Waals surface area contributed by atoms with Gasteiger partial charge in [0.25, 0.3) is 35.4 Å². The molecular formula is C85H61F4N21O6. The van der Waals surface area contributed by atoms with Gasteiger partial charge in [-0.25, -0.2) is 61.0 Å². The molecule has 570 valence electrons. The second kappa shape index (κ2) is 31.5. The average Bonchev–Trinajstić information content (AvgIpc) is 1.61. The van der Waals surface area contributed by atoms with Gasteiger partial charge in [-0.15, -0.1) is 0 Å². The maximum Gasteiger partial charge on any atom is 0.274 e. The molecule has 0 saturated heterocycles. The number of carbonyl (C=O) groups excluding carboxylic acids is 6. The van der Waals surface area contributed by atoms with E-state index < -0.39 is 77.2 Å². The third kappa shape index (κ3) is 14.9. The lowest BCUT2D eigenvalue weighted by Crippen LogP contribution is -2.43. The number of carbonyl (C=O) groups is 6. The molecule has 3 aliphatic heterocycles. The van der Waals surface area contributed by atoms with Gasteiger partial charge in [0.1, 0.15) is 40.4 Å². The lowest BCUT2D eigenvalue weighted by Gasteiger charge is -2.14. The number of aliphatic imine (C=N–C) groups is 3. The largest absolute Gasteiger partial charge is 0.322 e. The van der Waals surface area contributed by atoms with E-state index in [9.17, 15) is 46.3 Å². The first kappa shape index (κ1) is 74.3. The van der Waals surface area contributed by atoms with E-state index in [1.165, 1.54) is 56.3 Å². The van der Waals surface area contributed by atoms with Crippen LogP contribution in [0.2, 0.25) is 0 Å². The zero-order valence-corrected chi connectivity index (χ0v) is 61.5. The number of nitrogens with one attached hydrogen (secondary N) is 6. The number of aromatic nitrogens is 12. The van der Waals surface area contributed by atoms with Crippen LogP contribution in [0.25, 0.3) is 50.7 Å². The Labute approximate surface area is 655 Å². The number of halogens is 4. The van der Waals surface area contributed by atoms with Crippen LogP contribution in [0.4, 0.5) is 34.6 Å². The second-order valence-corrected chi connectivity index (χ2v) is 26.6. The van der Waals surface area contributed by atoms with Gasteiger partial charge in [-0.2, -0.15) is 15.3 Å². The van der Waals surface area contributed by atoms with Crippen molar-refractivity contribution in [2.75, 3.05) is 16.0 Å². The summed E-state index contributed by atoms with van der Waals surface area (Å²) in [5, 5.41) is 29.4. The molecule has 3 atom stereocenters. The van der Waals surface area contributed by atoms with Crippen molar-refractivity contribution in [2.45, 2.75) is 46.2 Å². The number of nitrogens with zero attached hydrogens (tertiary/aromatic N) is 15. The Hall–Kier alpha value is -15.8. The monoisotopic (exact) mass is 1550 g/mol. The van der Waals surface area contributed by atoms with Gasteiger partial charge in [0.05, 0.1) is 63.7 Å². The summed E-state index contributed by atoms with van der Waals surface area (Å²) in [6.07, 6.45) is 4.12. The average molecular weight is 1550 g/mol. The number of para-hydroxylation sites is 3. The Kier molecular flexibility index (Phi) is 20.2. The van der Waals surface area contributed by atoms with E-state index in [0.717, 1.165) is 29.1 Å². The zero-order valence-electron chi connectivity index (χ0n) is 61.5. The fourth-order valence-corrected chi connectivity index (χ4v) is 13.3. The number of hydrogen-bond acceptors (Lipinski definition) is 18. The van der Waals surface area contributed by atoms with Gasteiger partial charge in [-0.3, -0.25) is 43.7 Å². The van der Waals surface area contributed by atoms with E-state index in [0.29, 0.717) is 95.9 Å². The quantitative estimate of drug-likeness (QED) is 0.0619. The number of rotatable bonds is 12. The van der Waals surface area contributed by atoms with E-state index in [2.05, 4.69) is 92.1 Å². The maximum atomic E-state index is 14.8. The summed E-state index contributed by atoms with van der Waals surface area (Å²) in [6.45, 7) is 7.19. The fourth-order valence-electron chi connectivity index (χ4n) is 13.3. The van der Waals surface area contributed by atoms with Crippen molar-refractivity contribution < 1.29 is 46.3 Å². The molecule has 6 amide bonds. The molecule has 9 aromatic heterocycles. The number of benzene rings is 6. The molecule has 6 aromatic carbocycles. The summed E-state index contributed by atoms with van der Waals surface area (Å²) in [5.41, 5.74) is 11.3. The lowest BCUT2D eigenvalue weighted by atomic mass is 10.0. The van der Waals surface area contributed by atoms with Crippen molar-refractivity contribution in [2.24, 2.45) is 15.0 Å². The van der Waals surface area contributed by atoms with Crippen molar-refractivity contribution in [1.82, 2.24) is 74.7 Å². The van der Waals surface area contributed by atoms with E-state index in [-0.39, 0.29) is 45.4 Å². The van der Waals surface area contributed by atoms with Crippen molar-refractivity contribution in [1.29, 1.82) is 0 Å². The summed E-state index contributed by atoms with van der Waals surface area (Å²) >= 11 is 0. The van der Waals surface area contributed by atoms with Crippen molar-refractivity contribution >= 4 is 86.6 Å². The summed E-state index contributed by atoms with van der Waals surface area (Å²) < 4.78 is 61.8. The van der Waals surface area contributed by atoms with Gasteiger partial charge in [-0.05, 0) is 106 Å². The van der Waals surface area contributed by atoms with E-state index >= 15 is 0 Å². The molecule has 12 heterocycles. The number of fused-ring (bicyclic) bond motifs is 6. The van der Waals surface area contributed by atoms with Gasteiger partial charge in [0, 0.05) is 74.9 Å². The second-order valence-electron chi connectivity index (χ2n) is 26.6. The lowest BCUT2D eigenvalue weighted by molar-refractivity contribution is -0.118. The molecular weight excluding hydrogens is 1490 g/mol. The van der Waals surface area contributed by atoms with Gasteiger partial charge in [-0.1, -0.05) is 133 Å². The molecule has 31 heteroatoms. The Morgan fingerprint density at radius 2 is 0.733 bits per heavy atom. The van der Waals surface area contributed by atoms with E-state index in [1.807, 2.05) is 91.9 Å². The highest BCUT2D eigenvalue weighted by atomic mass is 19.1. The predicted octanol–water partition coefficient (Wildman–Crippen LogP) is 11.8. The van der Waals surface area contributed by atoms with Gasteiger partial charge in [0.15, 0.2) is 34.0 Å². The van der Waals surface area contributed by atoms with Crippen LogP contribution in [0.5, 0.6) is 0 Å². The highest BCUT2D eigenvalue weighted by Crippen LogP contribution is 2.34. The zero-order chi connectivity index (χ0) is 80.4. The molecule has 0 fully saturated rings. The number of hydrogen-bond donors (Lipinski definition) is 6. The Bertz CT molecular complexity index is 6590. The molecule has 15 aromatic rings. The van der Waals surface area contributed by atoms with Gasteiger partial charge >= 0.3 is 0 Å². The molecule has 0 unspecified atom stereocenters. The van der Waals surface area contributed by atoms with Crippen LogP contribution in [-0.4, -0.2) is 130 Å². The number of pyridine rings is 3. The van der Waals surface area contributed by atoms with Crippen LogP contribution >= 0.6 is 0 Å². The normalized spacial score (nSPS) is 14.8. The van der Waals surface area contributed by atoms with Crippen LogP contribution < -0.4 is 31.9 Å². The molecule has 0 aliphatic carbocycles. The summed E-state index contributed by atoms with van der Waals surface area (Å²) in [7, 11) is 0. The molecule has 0 saturated carbocycles. The van der Waals surface area contributed by atoms with Gasteiger partial charge < -0.3 is 31.9 Å². The third-order valence-corrected chi connectivity index (χ3v) is 18.6. The molecule has 0 radical (unpaired) electrons. The number of aryl methyl sites for hydroxylation is 4. The molecule has 18 rings (SSSR count). The molecule has 6 N–H and O–H groups in total. The minimum Gasteiger partial charge on any atom is -0.322 e. The van der Waals surface area contributed by atoms with Crippen LogP contribution in [0.15, 0.2) is 258 Å². The van der Waals surface area contributed by atoms with Crippen LogP contribution in [0.3, 0.4) is 0 Å². The summed E-state index contributed by atoms with van der Waals surface area (Å²) in [5.74, 6) is -6.38. The number of amides is 6. The smallest absolute Gasteiger partial charge is 0.274 e. The van der Waals surface area contributed by atoms with Crippen molar-refractivity contribution in [3.63, 3.8) is 0 Å². The van der Waals surface area contributed by atoms with Crippen LogP contribution in [-0.2, 0) is 14.4 Å². The predicted molar refractivity (Wildman–Crippen MR) is 423 cm³/mol. The third-order valence-electron chi connectivity index (χ3n) is 18.6. The summed E-state index contributed by atoms with van der Waals surface area (Å²) in [4.78, 5) is 121. The Morgan fingerprint density at radius 1 is 0.362 bits per heavy atom.